The molecule has 7 heteroatoms. The minimum Gasteiger partial charge on any atom is -0.672 e. The fraction of sp³-hybridized carbons (Fsp3) is 0.0345. The molecular formula is C58H48Cl2N2P2Ru+2. The van der Waals surface area contributed by atoms with Gasteiger partial charge >= 0.3 is 34.5 Å². The van der Waals surface area contributed by atoms with Crippen LogP contribution in [0.25, 0.3) is 44.1 Å². The van der Waals surface area contributed by atoms with Crippen molar-refractivity contribution in [2.45, 2.75) is 12.1 Å². The van der Waals surface area contributed by atoms with Crippen LogP contribution in [0.1, 0.15) is 23.2 Å². The van der Waals surface area contributed by atoms with Crippen LogP contribution in [0, 0.1) is 0 Å². The Morgan fingerprint density at radius 2 is 0.554 bits per heavy atom. The van der Waals surface area contributed by atoms with E-state index in [9.17, 15) is 0 Å². The summed E-state index contributed by atoms with van der Waals surface area (Å²) in [6, 6.07) is 90.3. The molecule has 0 amide bonds. The monoisotopic (exact) mass is 1010 g/mol. The van der Waals surface area contributed by atoms with Crippen LogP contribution in [-0.4, -0.2) is 0 Å². The van der Waals surface area contributed by atoms with E-state index in [0.717, 1.165) is 11.1 Å². The third-order valence-corrected chi connectivity index (χ3v) is 17.1. The Bertz CT molecular complexity index is 2740. The summed E-state index contributed by atoms with van der Waals surface area (Å²) in [5.41, 5.74) is 20.7. The third-order valence-electron chi connectivity index (χ3n) is 11.5. The van der Waals surface area contributed by atoms with E-state index in [0.29, 0.717) is 0 Å². The van der Waals surface area contributed by atoms with Crippen molar-refractivity contribution < 1.29 is 15.1 Å². The number of hydrogen-bond donors (Lipinski definition) is 0. The summed E-state index contributed by atoms with van der Waals surface area (Å²) < 4.78 is 0. The van der Waals surface area contributed by atoms with Gasteiger partial charge in [-0.05, 0) is 82.2 Å². The van der Waals surface area contributed by atoms with Gasteiger partial charge in [-0.3, -0.25) is 0 Å². The predicted molar refractivity (Wildman–Crippen MR) is 286 cm³/mol. The van der Waals surface area contributed by atoms with Crippen LogP contribution in [0.2, 0.25) is 0 Å². The van der Waals surface area contributed by atoms with Gasteiger partial charge < -0.3 is 11.5 Å². The zero-order valence-corrected chi connectivity index (χ0v) is 40.8. The van der Waals surface area contributed by atoms with Crippen molar-refractivity contribution in [1.82, 2.24) is 0 Å². The summed E-state index contributed by atoms with van der Waals surface area (Å²) >= 11 is -0.346. The van der Waals surface area contributed by atoms with Gasteiger partial charge in [0.15, 0.2) is 0 Å². The minimum absolute atomic E-state index is 0.346. The Morgan fingerprint density at radius 3 is 0.846 bits per heavy atom. The summed E-state index contributed by atoms with van der Waals surface area (Å²) in [7, 11) is 6.97. The maximum absolute atomic E-state index is 8.07. The minimum atomic E-state index is -1.37. The van der Waals surface area contributed by atoms with Crippen LogP contribution in [-0.2, 0) is 15.1 Å². The summed E-state index contributed by atoms with van der Waals surface area (Å²) in [4.78, 5) is 0. The second-order valence-corrected chi connectivity index (χ2v) is 23.0. The Morgan fingerprint density at radius 1 is 0.308 bits per heavy atom. The normalized spacial score (nSPS) is 11.9. The molecule has 0 heterocycles. The number of hydrogen-bond acceptors (Lipinski definition) is 0. The fourth-order valence-electron chi connectivity index (χ4n) is 8.58. The molecule has 0 saturated heterocycles. The van der Waals surface area contributed by atoms with E-state index in [4.69, 9.17) is 30.8 Å². The summed E-state index contributed by atoms with van der Waals surface area (Å²) in [5.74, 6) is 0. The molecule has 10 aromatic carbocycles. The van der Waals surface area contributed by atoms with Crippen molar-refractivity contribution in [2.24, 2.45) is 0 Å². The summed E-state index contributed by atoms with van der Waals surface area (Å²) in [6.07, 6.45) is 0. The molecule has 10 rings (SSSR count). The second-order valence-electron chi connectivity index (χ2n) is 15.5. The van der Waals surface area contributed by atoms with E-state index < -0.39 is 27.9 Å². The maximum atomic E-state index is 8.07. The van der Waals surface area contributed by atoms with Gasteiger partial charge in [-0.25, -0.2) is 0 Å². The van der Waals surface area contributed by atoms with Gasteiger partial charge in [-0.1, -0.05) is 205 Å². The fourth-order valence-corrected chi connectivity index (χ4v) is 14.1. The Labute approximate surface area is 401 Å². The number of fused-ring (bicyclic) bond motifs is 2. The van der Waals surface area contributed by atoms with E-state index in [1.165, 1.54) is 64.5 Å². The van der Waals surface area contributed by atoms with Gasteiger partial charge in [-0.15, -0.1) is 12.1 Å². The molecular weight excluding hydrogens is 959 g/mol. The van der Waals surface area contributed by atoms with E-state index in [-0.39, 0.29) is 15.1 Å². The maximum Gasteiger partial charge on any atom is 0.111 e. The molecule has 2 atom stereocenters. The van der Waals surface area contributed by atoms with Crippen molar-refractivity contribution in [1.29, 1.82) is 0 Å². The first-order chi connectivity index (χ1) is 32.1. The molecule has 0 bridgehead atoms. The number of halogens is 2. The van der Waals surface area contributed by atoms with Crippen molar-refractivity contribution in [2.75, 3.05) is 0 Å². The van der Waals surface area contributed by atoms with Crippen molar-refractivity contribution in [3.05, 3.63) is 277 Å². The summed E-state index contributed by atoms with van der Waals surface area (Å²) in [6.45, 7) is 0. The molecule has 65 heavy (non-hydrogen) atoms. The van der Waals surface area contributed by atoms with Crippen molar-refractivity contribution in [3.8, 4) is 11.1 Å². The molecule has 0 aromatic heterocycles. The van der Waals surface area contributed by atoms with Gasteiger partial charge in [0, 0.05) is 11.1 Å². The Hall–Kier alpha value is -5.30. The molecule has 2 nitrogen and oxygen atoms in total. The molecule has 0 aliphatic rings. The smallest absolute Gasteiger partial charge is 0.111 e. The van der Waals surface area contributed by atoms with Crippen LogP contribution in [0.3, 0.4) is 0 Å². The molecule has 0 spiro atoms. The van der Waals surface area contributed by atoms with Crippen LogP contribution in [0.5, 0.6) is 0 Å². The summed E-state index contributed by atoms with van der Waals surface area (Å²) in [5, 5.41) is 13.6. The first kappa shape index (κ1) is 46.2. The quantitative estimate of drug-likeness (QED) is 0.0968. The van der Waals surface area contributed by atoms with E-state index >= 15 is 0 Å². The molecule has 320 valence electrons. The molecule has 0 radical (unpaired) electrons. The largest absolute Gasteiger partial charge is 0.672 e. The Balaban J connectivity index is 0.000000253. The zero-order valence-electron chi connectivity index (χ0n) is 35.5. The van der Waals surface area contributed by atoms with Crippen LogP contribution in [0.4, 0.5) is 0 Å². The number of nitrogens with one attached hydrogen (secondary N) is 2. The second kappa shape index (κ2) is 23.2. The molecule has 0 aliphatic heterocycles. The van der Waals surface area contributed by atoms with Gasteiger partial charge in [-0.2, -0.15) is 0 Å². The number of rotatable bonds is 10. The average Bonchev–Trinajstić information content (AvgIpc) is 3.38. The molecule has 0 fully saturated rings. The van der Waals surface area contributed by atoms with Gasteiger partial charge in [0.2, 0.25) is 0 Å². The molecule has 2 N–H and O–H groups in total. The zero-order chi connectivity index (χ0) is 44.8. The van der Waals surface area contributed by atoms with Crippen molar-refractivity contribution >= 4 is 88.6 Å². The number of benzene rings is 10. The molecule has 0 aliphatic carbocycles. The van der Waals surface area contributed by atoms with Gasteiger partial charge in [0.1, 0.15) is 31.8 Å². The van der Waals surface area contributed by atoms with Gasteiger partial charge in [0.05, 0.1) is 15.8 Å². The standard InChI is InChI=1S/C44H32P2.C14H14N2.2ClH.Ru/c1-5-19-35(20-6-1)45(36-21-7-2-8-22-36)41-31-29-33-17-13-15-27-39(33)43(41)44-40-28-16-14-18-34(40)30-32-42(44)46(37-23-9-3-10-24-37)38-25-11-4-12-26-38;15-13(11-7-3-1-4-8-11)14(16)12-9-5-2-6-10-12;;;/h1-32H;1-10,13-16H;2*1H;/q;-2;;;+4. The van der Waals surface area contributed by atoms with E-state index in [2.05, 4.69) is 194 Å². The Kier molecular flexibility index (Phi) is 16.5. The average molecular weight is 1010 g/mol. The molecule has 10 aromatic rings. The first-order valence-corrected chi connectivity index (χ1v) is 28.9. The van der Waals surface area contributed by atoms with Crippen molar-refractivity contribution in [3.63, 3.8) is 0 Å². The molecule has 2 unspecified atom stereocenters. The van der Waals surface area contributed by atoms with Crippen LogP contribution >= 0.6 is 35.2 Å². The van der Waals surface area contributed by atoms with E-state index in [1.54, 1.807) is 0 Å². The van der Waals surface area contributed by atoms with E-state index in [1.807, 2.05) is 60.7 Å². The van der Waals surface area contributed by atoms with Crippen LogP contribution < -0.4 is 31.8 Å². The SMILES string of the molecule is [Cl][Ru+2][Cl].[NH-]C(c1ccccc1)C([NH-])c1ccccc1.c1ccc([PH+](c2ccccc2)c2ccc3ccccc3c2-c2c([PH+](c3ccccc3)c3ccccc3)ccc3ccccc23)cc1. The third kappa shape index (κ3) is 11.0. The topological polar surface area (TPSA) is 47.6 Å². The van der Waals surface area contributed by atoms with Gasteiger partial charge in [0.25, 0.3) is 0 Å². The van der Waals surface area contributed by atoms with Crippen LogP contribution in [0.15, 0.2) is 255 Å². The molecule has 0 saturated carbocycles. The predicted octanol–water partition coefficient (Wildman–Crippen LogP) is 14.6. The first-order valence-electron chi connectivity index (χ1n) is 21.4.